The van der Waals surface area contributed by atoms with E-state index in [9.17, 15) is 9.90 Å². The predicted molar refractivity (Wildman–Crippen MR) is 67.1 cm³/mol. The first kappa shape index (κ1) is 15.2. The monoisotopic (exact) mass is 227 g/mol. The summed E-state index contributed by atoms with van der Waals surface area (Å²) in [4.78, 5) is 11.2. The Morgan fingerprint density at radius 2 is 2.06 bits per heavy atom. The molecule has 2 unspecified atom stereocenters. The second-order valence-corrected chi connectivity index (χ2v) is 4.31. The predicted octanol–water partition coefficient (Wildman–Crippen LogP) is 2.26. The summed E-state index contributed by atoms with van der Waals surface area (Å²) >= 11 is 0. The van der Waals surface area contributed by atoms with Gasteiger partial charge in [-0.2, -0.15) is 0 Å². The van der Waals surface area contributed by atoms with Crippen LogP contribution in [0.1, 0.15) is 46.5 Å². The standard InChI is InChI=1S/C13H25NO2/c1-4-10-14-13(16)9-7-5-6-8-11(2)12(3)15/h5-6,11-12,15H,4,7-10H2,1-3H3,(H,14,16). The molecule has 0 fully saturated rings. The molecule has 0 aromatic rings. The molecule has 0 spiro atoms. The molecule has 0 bridgehead atoms. The molecule has 1 amide bonds. The van der Waals surface area contributed by atoms with E-state index in [1.807, 2.05) is 26.0 Å². The topological polar surface area (TPSA) is 49.3 Å². The average molecular weight is 227 g/mol. The minimum Gasteiger partial charge on any atom is -0.393 e. The van der Waals surface area contributed by atoms with Gasteiger partial charge in [0.2, 0.25) is 5.91 Å². The van der Waals surface area contributed by atoms with Gasteiger partial charge in [-0.05, 0) is 32.1 Å². The molecule has 0 aromatic carbocycles. The van der Waals surface area contributed by atoms with Gasteiger partial charge in [0, 0.05) is 13.0 Å². The SMILES string of the molecule is CCCNC(=O)CCC=CCC(C)C(C)O. The molecular weight excluding hydrogens is 202 g/mol. The van der Waals surface area contributed by atoms with E-state index in [-0.39, 0.29) is 17.9 Å². The smallest absolute Gasteiger partial charge is 0.220 e. The van der Waals surface area contributed by atoms with E-state index in [0.29, 0.717) is 6.42 Å². The molecule has 0 heterocycles. The third-order valence-electron chi connectivity index (χ3n) is 2.61. The summed E-state index contributed by atoms with van der Waals surface area (Å²) < 4.78 is 0. The quantitative estimate of drug-likeness (QED) is 0.625. The molecule has 0 aliphatic heterocycles. The van der Waals surface area contributed by atoms with Crippen LogP contribution >= 0.6 is 0 Å². The maximum atomic E-state index is 11.2. The lowest BCUT2D eigenvalue weighted by molar-refractivity contribution is -0.121. The highest BCUT2D eigenvalue weighted by molar-refractivity contribution is 5.75. The zero-order valence-corrected chi connectivity index (χ0v) is 10.7. The van der Waals surface area contributed by atoms with Gasteiger partial charge in [0.05, 0.1) is 6.10 Å². The average Bonchev–Trinajstić information content (AvgIpc) is 2.25. The van der Waals surface area contributed by atoms with Crippen molar-refractivity contribution in [1.29, 1.82) is 0 Å². The van der Waals surface area contributed by atoms with E-state index < -0.39 is 0 Å². The van der Waals surface area contributed by atoms with Crippen molar-refractivity contribution >= 4 is 5.91 Å². The Hall–Kier alpha value is -0.830. The first-order chi connectivity index (χ1) is 7.57. The molecule has 0 radical (unpaired) electrons. The van der Waals surface area contributed by atoms with Gasteiger partial charge >= 0.3 is 0 Å². The number of aliphatic hydroxyl groups is 1. The third kappa shape index (κ3) is 8.48. The fourth-order valence-electron chi connectivity index (χ4n) is 1.19. The molecule has 3 nitrogen and oxygen atoms in total. The molecule has 16 heavy (non-hydrogen) atoms. The summed E-state index contributed by atoms with van der Waals surface area (Å²) in [6.07, 6.45) is 6.98. The highest BCUT2D eigenvalue weighted by Gasteiger charge is 2.05. The zero-order chi connectivity index (χ0) is 12.4. The third-order valence-corrected chi connectivity index (χ3v) is 2.61. The number of nitrogens with one attached hydrogen (secondary N) is 1. The fourth-order valence-corrected chi connectivity index (χ4v) is 1.19. The van der Waals surface area contributed by atoms with Gasteiger partial charge in [-0.15, -0.1) is 0 Å². The van der Waals surface area contributed by atoms with Crippen LogP contribution < -0.4 is 5.32 Å². The van der Waals surface area contributed by atoms with Crippen LogP contribution in [-0.4, -0.2) is 23.7 Å². The number of hydrogen-bond donors (Lipinski definition) is 2. The van der Waals surface area contributed by atoms with Crippen LogP contribution in [0.5, 0.6) is 0 Å². The van der Waals surface area contributed by atoms with E-state index in [2.05, 4.69) is 5.32 Å². The van der Waals surface area contributed by atoms with Crippen LogP contribution in [0.4, 0.5) is 0 Å². The van der Waals surface area contributed by atoms with Crippen LogP contribution in [0, 0.1) is 5.92 Å². The molecule has 3 heteroatoms. The number of amides is 1. The lowest BCUT2D eigenvalue weighted by atomic mass is 10.0. The van der Waals surface area contributed by atoms with Gasteiger partial charge < -0.3 is 10.4 Å². The number of carbonyl (C=O) groups excluding carboxylic acids is 1. The molecule has 0 aromatic heterocycles. The Bertz CT molecular complexity index is 212. The lowest BCUT2D eigenvalue weighted by Crippen LogP contribution is -2.23. The molecule has 0 saturated carbocycles. The van der Waals surface area contributed by atoms with Crippen molar-refractivity contribution in [3.8, 4) is 0 Å². The summed E-state index contributed by atoms with van der Waals surface area (Å²) in [5.74, 6) is 0.403. The van der Waals surface area contributed by atoms with Crippen molar-refractivity contribution < 1.29 is 9.90 Å². The highest BCUT2D eigenvalue weighted by Crippen LogP contribution is 2.08. The first-order valence-electron chi connectivity index (χ1n) is 6.17. The molecule has 0 aliphatic carbocycles. The van der Waals surface area contributed by atoms with Gasteiger partial charge in [-0.1, -0.05) is 26.0 Å². The molecule has 94 valence electrons. The van der Waals surface area contributed by atoms with Gasteiger partial charge in [-0.25, -0.2) is 0 Å². The summed E-state index contributed by atoms with van der Waals surface area (Å²) in [6.45, 7) is 6.62. The van der Waals surface area contributed by atoms with Crippen LogP contribution in [0.2, 0.25) is 0 Å². The van der Waals surface area contributed by atoms with E-state index in [0.717, 1.165) is 25.8 Å². The molecule has 2 N–H and O–H groups in total. The second kappa shape index (κ2) is 9.40. The number of rotatable bonds is 8. The number of hydrogen-bond acceptors (Lipinski definition) is 2. The minimum absolute atomic E-state index is 0.120. The maximum Gasteiger partial charge on any atom is 0.220 e. The molecule has 0 aliphatic rings. The second-order valence-electron chi connectivity index (χ2n) is 4.31. The molecule has 0 saturated heterocycles. The summed E-state index contributed by atoms with van der Waals surface area (Å²) in [5, 5.41) is 12.1. The Labute approximate surface area is 98.9 Å². The van der Waals surface area contributed by atoms with Crippen LogP contribution in [-0.2, 0) is 4.79 Å². The van der Waals surface area contributed by atoms with Gasteiger partial charge in [-0.3, -0.25) is 4.79 Å². The van der Waals surface area contributed by atoms with Crippen molar-refractivity contribution in [1.82, 2.24) is 5.32 Å². The maximum absolute atomic E-state index is 11.2. The van der Waals surface area contributed by atoms with E-state index >= 15 is 0 Å². The van der Waals surface area contributed by atoms with Gasteiger partial charge in [0.25, 0.3) is 0 Å². The largest absolute Gasteiger partial charge is 0.393 e. The lowest BCUT2D eigenvalue weighted by Gasteiger charge is -2.10. The molecule has 0 rings (SSSR count). The van der Waals surface area contributed by atoms with Crippen molar-refractivity contribution in [3.63, 3.8) is 0 Å². The van der Waals surface area contributed by atoms with Crippen molar-refractivity contribution in [2.45, 2.75) is 52.6 Å². The molecule has 2 atom stereocenters. The van der Waals surface area contributed by atoms with Crippen molar-refractivity contribution in [2.75, 3.05) is 6.54 Å². The summed E-state index contributed by atoms with van der Waals surface area (Å²) in [6, 6.07) is 0. The summed E-state index contributed by atoms with van der Waals surface area (Å²) in [5.41, 5.74) is 0. The zero-order valence-electron chi connectivity index (χ0n) is 10.7. The minimum atomic E-state index is -0.266. The van der Waals surface area contributed by atoms with E-state index in [1.54, 1.807) is 6.92 Å². The van der Waals surface area contributed by atoms with E-state index in [4.69, 9.17) is 0 Å². The van der Waals surface area contributed by atoms with E-state index in [1.165, 1.54) is 0 Å². The van der Waals surface area contributed by atoms with Crippen molar-refractivity contribution in [3.05, 3.63) is 12.2 Å². The Morgan fingerprint density at radius 3 is 2.62 bits per heavy atom. The fraction of sp³-hybridized carbons (Fsp3) is 0.769. The number of allylic oxidation sites excluding steroid dienone is 2. The van der Waals surface area contributed by atoms with Crippen molar-refractivity contribution in [2.24, 2.45) is 5.92 Å². The van der Waals surface area contributed by atoms with Crippen LogP contribution in [0.3, 0.4) is 0 Å². The highest BCUT2D eigenvalue weighted by atomic mass is 16.3. The summed E-state index contributed by atoms with van der Waals surface area (Å²) in [7, 11) is 0. The first-order valence-corrected chi connectivity index (χ1v) is 6.17. The van der Waals surface area contributed by atoms with Crippen LogP contribution in [0.25, 0.3) is 0 Å². The molecular formula is C13H25NO2. The normalized spacial score (nSPS) is 15.0. The van der Waals surface area contributed by atoms with Gasteiger partial charge in [0.1, 0.15) is 0 Å². The Balaban J connectivity index is 3.50. The van der Waals surface area contributed by atoms with Crippen LogP contribution in [0.15, 0.2) is 12.2 Å². The van der Waals surface area contributed by atoms with Gasteiger partial charge in [0.15, 0.2) is 0 Å². The Kier molecular flexibility index (Phi) is 8.91. The number of aliphatic hydroxyl groups excluding tert-OH is 1. The Morgan fingerprint density at radius 1 is 1.38 bits per heavy atom. The number of carbonyl (C=O) groups is 1.